The number of rotatable bonds is 12. The molecule has 2 amide bonds. The van der Waals surface area contributed by atoms with Gasteiger partial charge in [0.1, 0.15) is 18.1 Å². The first-order valence-corrected chi connectivity index (χ1v) is 13.8. The van der Waals surface area contributed by atoms with E-state index in [0.717, 1.165) is 0 Å². The van der Waals surface area contributed by atoms with Crippen LogP contribution in [-0.2, 0) is 9.53 Å². The Morgan fingerprint density at radius 3 is 2.48 bits per heavy atom. The number of ether oxygens (including phenoxy) is 5. The Morgan fingerprint density at radius 1 is 0.909 bits per heavy atom. The van der Waals surface area contributed by atoms with Crippen LogP contribution in [0.15, 0.2) is 109 Å². The maximum Gasteiger partial charge on any atom is 0.412 e. The number of nitrogen functional groups attached to an aromatic ring is 1. The molecule has 44 heavy (non-hydrogen) atoms. The van der Waals surface area contributed by atoms with Gasteiger partial charge in [0, 0.05) is 23.4 Å². The second-order valence-corrected chi connectivity index (χ2v) is 9.46. The van der Waals surface area contributed by atoms with E-state index < -0.39 is 24.2 Å². The molecule has 5 N–H and O–H groups in total. The fraction of sp³-hybridized carbons (Fsp3) is 0.152. The van der Waals surface area contributed by atoms with Crippen molar-refractivity contribution in [2.45, 2.75) is 12.2 Å². The molecule has 0 unspecified atom stereocenters. The van der Waals surface area contributed by atoms with Crippen LogP contribution in [0.4, 0.5) is 21.9 Å². The van der Waals surface area contributed by atoms with Crippen LogP contribution in [0.3, 0.4) is 0 Å². The summed E-state index contributed by atoms with van der Waals surface area (Å²) in [5, 5.41) is 14.8. The minimum atomic E-state index is -1.12. The highest BCUT2D eigenvalue weighted by molar-refractivity contribution is 6.01. The predicted octanol–water partition coefficient (Wildman–Crippen LogP) is 5.30. The number of benzene rings is 4. The minimum absolute atomic E-state index is 0.00801. The van der Waals surface area contributed by atoms with Gasteiger partial charge in [0.15, 0.2) is 23.7 Å². The third-order valence-electron chi connectivity index (χ3n) is 6.40. The molecule has 11 heteroatoms. The number of nitrogens with two attached hydrogens (primary N) is 1. The molecule has 0 saturated heterocycles. The van der Waals surface area contributed by atoms with Gasteiger partial charge in [0.2, 0.25) is 12.7 Å². The van der Waals surface area contributed by atoms with E-state index in [-0.39, 0.29) is 20.0 Å². The van der Waals surface area contributed by atoms with Gasteiger partial charge in [0.05, 0.1) is 18.0 Å². The molecule has 226 valence electrons. The van der Waals surface area contributed by atoms with Crippen molar-refractivity contribution in [3.63, 3.8) is 0 Å². The number of fused-ring (bicyclic) bond motifs is 1. The van der Waals surface area contributed by atoms with Crippen LogP contribution in [0, 0.1) is 0 Å². The Kier molecular flexibility index (Phi) is 9.80. The molecule has 11 nitrogen and oxygen atoms in total. The third kappa shape index (κ3) is 7.78. The second-order valence-electron chi connectivity index (χ2n) is 9.46. The number of hydrogen-bond donors (Lipinski definition) is 4. The number of hydrogen-bond acceptors (Lipinski definition) is 9. The summed E-state index contributed by atoms with van der Waals surface area (Å²) < 4.78 is 28.8. The average molecular weight is 598 g/mol. The largest absolute Gasteiger partial charge is 0.491 e. The van der Waals surface area contributed by atoms with Crippen molar-refractivity contribution in [3.8, 4) is 23.0 Å². The van der Waals surface area contributed by atoms with Crippen molar-refractivity contribution in [1.29, 1.82) is 0 Å². The van der Waals surface area contributed by atoms with E-state index in [1.165, 1.54) is 12.2 Å². The van der Waals surface area contributed by atoms with Gasteiger partial charge in [-0.05, 0) is 48.5 Å². The zero-order valence-electron chi connectivity index (χ0n) is 23.6. The van der Waals surface area contributed by atoms with Gasteiger partial charge in [-0.3, -0.25) is 10.1 Å². The van der Waals surface area contributed by atoms with Crippen LogP contribution in [0.5, 0.6) is 23.0 Å². The third-order valence-corrected chi connectivity index (χ3v) is 6.40. The normalized spacial score (nSPS) is 13.1. The summed E-state index contributed by atoms with van der Waals surface area (Å²) in [4.78, 5) is 26.3. The molecule has 4 aromatic carbocycles. The summed E-state index contributed by atoms with van der Waals surface area (Å²) in [7, 11) is 0. The first-order chi connectivity index (χ1) is 21.5. The van der Waals surface area contributed by atoms with Gasteiger partial charge in [-0.2, -0.15) is 0 Å². The number of anilines is 3. The van der Waals surface area contributed by atoms with Crippen molar-refractivity contribution < 1.29 is 38.4 Å². The number of aliphatic hydroxyl groups excluding tert-OH is 1. The summed E-state index contributed by atoms with van der Waals surface area (Å²) in [5.41, 5.74) is 7.69. The number of nitrogens with one attached hydrogen (secondary N) is 2. The van der Waals surface area contributed by atoms with E-state index in [0.29, 0.717) is 45.6 Å². The molecule has 0 fully saturated rings. The number of amides is 2. The average Bonchev–Trinajstić information content (AvgIpc) is 3.51. The highest BCUT2D eigenvalue weighted by Gasteiger charge is 2.31. The molecule has 1 aliphatic rings. The number of aliphatic hydroxyl groups is 1. The van der Waals surface area contributed by atoms with Gasteiger partial charge >= 0.3 is 6.09 Å². The number of carbonyl (C=O) groups excluding carboxylic acids is 2. The molecule has 0 radical (unpaired) electrons. The molecular weight excluding hydrogens is 566 g/mol. The zero-order valence-corrected chi connectivity index (χ0v) is 23.6. The van der Waals surface area contributed by atoms with Crippen molar-refractivity contribution >= 4 is 29.1 Å². The summed E-state index contributed by atoms with van der Waals surface area (Å²) in [5.74, 6) is 1.40. The Labute approximate surface area is 253 Å². The SMILES string of the molecule is Nc1ccccc1NC(=O)/C=C/[C@H](Oc1ccccc1)[C@@H](OC(=O)Nc1ccc2c(c1)OCO2)c1ccccc1OCCO. The molecule has 1 heterocycles. The lowest BCUT2D eigenvalue weighted by atomic mass is 10.0. The van der Waals surface area contributed by atoms with E-state index in [9.17, 15) is 14.7 Å². The minimum Gasteiger partial charge on any atom is -0.491 e. The van der Waals surface area contributed by atoms with Gasteiger partial charge in [-0.15, -0.1) is 0 Å². The number of carbonyl (C=O) groups is 2. The maximum absolute atomic E-state index is 13.3. The second kappa shape index (κ2) is 14.5. The first-order valence-electron chi connectivity index (χ1n) is 13.8. The standard InChI is InChI=1S/C33H31N3O8/c34-25-11-5-6-12-26(25)36-31(38)17-16-29(43-23-8-2-1-3-9-23)32(24-10-4-7-13-27(24)40-19-18-37)44-33(39)35-22-14-15-28-30(20-22)42-21-41-28/h1-17,20,29,32,37H,18-19,21,34H2,(H,35,39)(H,36,38)/b17-16+/t29-,32-/m0/s1. The van der Waals surface area contributed by atoms with E-state index >= 15 is 0 Å². The van der Waals surface area contributed by atoms with Gasteiger partial charge in [-0.1, -0.05) is 48.5 Å². The Balaban J connectivity index is 1.46. The van der Waals surface area contributed by atoms with Crippen molar-refractivity contribution in [3.05, 3.63) is 115 Å². The lowest BCUT2D eigenvalue weighted by molar-refractivity contribution is -0.112. The monoisotopic (exact) mass is 597 g/mol. The smallest absolute Gasteiger partial charge is 0.412 e. The molecule has 0 spiro atoms. The van der Waals surface area contributed by atoms with Crippen LogP contribution >= 0.6 is 0 Å². The quantitative estimate of drug-likeness (QED) is 0.126. The molecule has 2 atom stereocenters. The topological polar surface area (TPSA) is 151 Å². The fourth-order valence-corrected chi connectivity index (χ4v) is 4.37. The number of para-hydroxylation sites is 4. The highest BCUT2D eigenvalue weighted by Crippen LogP contribution is 2.36. The van der Waals surface area contributed by atoms with E-state index in [1.54, 1.807) is 91.0 Å². The van der Waals surface area contributed by atoms with Crippen LogP contribution in [-0.4, -0.2) is 43.2 Å². The Bertz CT molecular complexity index is 1610. The summed E-state index contributed by atoms with van der Waals surface area (Å²) in [6.45, 7) is -0.129. The molecule has 4 aromatic rings. The van der Waals surface area contributed by atoms with Crippen molar-refractivity contribution in [1.82, 2.24) is 0 Å². The molecular formula is C33H31N3O8. The summed E-state index contributed by atoms with van der Waals surface area (Å²) in [6, 6.07) is 27.6. The Morgan fingerprint density at radius 2 is 1.66 bits per heavy atom. The maximum atomic E-state index is 13.3. The fourth-order valence-electron chi connectivity index (χ4n) is 4.37. The van der Waals surface area contributed by atoms with E-state index in [1.807, 2.05) is 6.07 Å². The van der Waals surface area contributed by atoms with Crippen LogP contribution < -0.4 is 35.3 Å². The highest BCUT2D eigenvalue weighted by atomic mass is 16.7. The van der Waals surface area contributed by atoms with Crippen LogP contribution in [0.2, 0.25) is 0 Å². The Hall–Kier alpha value is -5.68. The molecule has 0 bridgehead atoms. The van der Waals surface area contributed by atoms with Crippen LogP contribution in [0.25, 0.3) is 0 Å². The summed E-state index contributed by atoms with van der Waals surface area (Å²) >= 11 is 0. The lowest BCUT2D eigenvalue weighted by Gasteiger charge is -2.27. The molecule has 0 aliphatic carbocycles. The molecule has 5 rings (SSSR count). The van der Waals surface area contributed by atoms with Crippen molar-refractivity contribution in [2.24, 2.45) is 0 Å². The van der Waals surface area contributed by atoms with E-state index in [2.05, 4.69) is 10.6 Å². The zero-order chi connectivity index (χ0) is 30.7. The first kappa shape index (κ1) is 29.8. The molecule has 0 saturated carbocycles. The molecule has 1 aliphatic heterocycles. The van der Waals surface area contributed by atoms with Crippen LogP contribution in [0.1, 0.15) is 11.7 Å². The van der Waals surface area contributed by atoms with Gasteiger partial charge in [-0.25, -0.2) is 4.79 Å². The predicted molar refractivity (Wildman–Crippen MR) is 164 cm³/mol. The molecule has 0 aromatic heterocycles. The van der Waals surface area contributed by atoms with Gasteiger partial charge in [0.25, 0.3) is 0 Å². The summed E-state index contributed by atoms with van der Waals surface area (Å²) in [6.07, 6.45) is -0.170. The van der Waals surface area contributed by atoms with E-state index in [4.69, 9.17) is 29.4 Å². The van der Waals surface area contributed by atoms with Gasteiger partial charge < -0.3 is 39.8 Å². The lowest BCUT2D eigenvalue weighted by Crippen LogP contribution is -2.30. The van der Waals surface area contributed by atoms with Crippen molar-refractivity contribution in [2.75, 3.05) is 36.4 Å².